The molecule has 2 heterocycles. The van der Waals surface area contributed by atoms with Crippen LogP contribution in [-0.2, 0) is 31.4 Å². The Morgan fingerprint density at radius 1 is 1.04 bits per heavy atom. The van der Waals surface area contributed by atoms with Gasteiger partial charge in [-0.15, -0.1) is 11.3 Å². The van der Waals surface area contributed by atoms with Crippen molar-refractivity contribution in [2.75, 3.05) is 0 Å². The van der Waals surface area contributed by atoms with Gasteiger partial charge in [-0.3, -0.25) is 4.79 Å². The van der Waals surface area contributed by atoms with Crippen LogP contribution in [0.25, 0.3) is 0 Å². The van der Waals surface area contributed by atoms with Crippen LogP contribution in [0.1, 0.15) is 29.0 Å². The van der Waals surface area contributed by atoms with E-state index in [4.69, 9.17) is 0 Å². The fraction of sp³-hybridized carbons (Fsp3) is 0.286. The molecular weight excluding hydrogens is 328 g/mol. The second kappa shape index (κ2) is 8.67. The fourth-order valence-corrected chi connectivity index (χ4v) is 3.65. The number of nitrogens with zero attached hydrogens (tertiary/aromatic N) is 2. The zero-order valence-electron chi connectivity index (χ0n) is 14.6. The van der Waals surface area contributed by atoms with E-state index < -0.39 is 0 Å². The van der Waals surface area contributed by atoms with E-state index >= 15 is 0 Å². The second-order valence-corrected chi connectivity index (χ2v) is 7.31. The molecular formula is C21H24N2OS. The van der Waals surface area contributed by atoms with Crippen molar-refractivity contribution in [3.8, 4) is 0 Å². The summed E-state index contributed by atoms with van der Waals surface area (Å²) in [5.41, 5.74) is 2.45. The number of carbonyl (C=O) groups is 1. The van der Waals surface area contributed by atoms with E-state index in [-0.39, 0.29) is 5.91 Å². The zero-order chi connectivity index (χ0) is 17.5. The Morgan fingerprint density at radius 3 is 2.56 bits per heavy atom. The third-order valence-electron chi connectivity index (χ3n) is 4.38. The number of hydrogen-bond donors (Lipinski definition) is 0. The Kier molecular flexibility index (Phi) is 6.07. The Labute approximate surface area is 153 Å². The van der Waals surface area contributed by atoms with E-state index in [2.05, 4.69) is 46.3 Å². The number of thiophene rings is 1. The second-order valence-electron chi connectivity index (χ2n) is 6.28. The number of carbonyl (C=O) groups excluding carboxylic acids is 1. The monoisotopic (exact) mass is 352 g/mol. The molecule has 0 aliphatic carbocycles. The van der Waals surface area contributed by atoms with Crippen LogP contribution in [0.5, 0.6) is 0 Å². The molecule has 2 aromatic heterocycles. The van der Waals surface area contributed by atoms with Crippen molar-refractivity contribution < 1.29 is 4.79 Å². The number of amides is 1. The van der Waals surface area contributed by atoms with Gasteiger partial charge >= 0.3 is 0 Å². The van der Waals surface area contributed by atoms with Crippen molar-refractivity contribution in [2.24, 2.45) is 7.05 Å². The molecule has 1 amide bonds. The van der Waals surface area contributed by atoms with E-state index in [1.807, 2.05) is 36.3 Å². The van der Waals surface area contributed by atoms with Crippen molar-refractivity contribution in [1.29, 1.82) is 0 Å². The van der Waals surface area contributed by atoms with Crippen LogP contribution < -0.4 is 0 Å². The number of aromatic nitrogens is 1. The van der Waals surface area contributed by atoms with E-state index in [0.717, 1.165) is 18.5 Å². The molecule has 0 N–H and O–H groups in total. The molecule has 130 valence electrons. The Bertz CT molecular complexity index is 777. The summed E-state index contributed by atoms with van der Waals surface area (Å²) in [4.78, 5) is 16.0. The summed E-state index contributed by atoms with van der Waals surface area (Å²) >= 11 is 1.71. The van der Waals surface area contributed by atoms with Gasteiger partial charge in [-0.25, -0.2) is 0 Å². The van der Waals surface area contributed by atoms with Gasteiger partial charge in [-0.05, 0) is 42.0 Å². The first kappa shape index (κ1) is 17.5. The van der Waals surface area contributed by atoms with E-state index in [9.17, 15) is 4.79 Å². The molecule has 0 radical (unpaired) electrons. The number of rotatable bonds is 8. The van der Waals surface area contributed by atoms with Crippen LogP contribution in [0.4, 0.5) is 0 Å². The van der Waals surface area contributed by atoms with Gasteiger partial charge in [0.2, 0.25) is 5.91 Å². The summed E-state index contributed by atoms with van der Waals surface area (Å²) in [6.45, 7) is 1.35. The standard InChI is InChI=1S/C21H24N2OS/c1-22-14-6-11-19(22)16-23(17-20-12-7-15-25-20)21(24)13-5-10-18-8-3-2-4-9-18/h2-4,6-9,11-12,14-15H,5,10,13,16-17H2,1H3. The lowest BCUT2D eigenvalue weighted by Gasteiger charge is -2.22. The molecule has 0 atom stereocenters. The highest BCUT2D eigenvalue weighted by atomic mass is 32.1. The largest absolute Gasteiger partial charge is 0.353 e. The van der Waals surface area contributed by atoms with Crippen molar-refractivity contribution in [3.63, 3.8) is 0 Å². The summed E-state index contributed by atoms with van der Waals surface area (Å²) in [5, 5.41) is 2.07. The summed E-state index contributed by atoms with van der Waals surface area (Å²) in [7, 11) is 2.03. The smallest absolute Gasteiger partial charge is 0.223 e. The van der Waals surface area contributed by atoms with Gasteiger partial charge < -0.3 is 9.47 Å². The van der Waals surface area contributed by atoms with Crippen LogP contribution in [0.2, 0.25) is 0 Å². The van der Waals surface area contributed by atoms with Crippen LogP contribution in [0.15, 0.2) is 66.2 Å². The van der Waals surface area contributed by atoms with Crippen molar-refractivity contribution in [3.05, 3.63) is 82.3 Å². The maximum atomic E-state index is 12.8. The minimum absolute atomic E-state index is 0.227. The fourth-order valence-electron chi connectivity index (χ4n) is 2.93. The summed E-state index contributed by atoms with van der Waals surface area (Å²) in [6, 6.07) is 18.6. The van der Waals surface area contributed by atoms with E-state index in [1.54, 1.807) is 11.3 Å². The highest BCUT2D eigenvalue weighted by Gasteiger charge is 2.16. The van der Waals surface area contributed by atoms with E-state index in [1.165, 1.54) is 10.4 Å². The van der Waals surface area contributed by atoms with Crippen LogP contribution >= 0.6 is 11.3 Å². The van der Waals surface area contributed by atoms with Gasteiger partial charge in [0.1, 0.15) is 0 Å². The van der Waals surface area contributed by atoms with Gasteiger partial charge in [0.05, 0.1) is 13.1 Å². The molecule has 4 heteroatoms. The highest BCUT2D eigenvalue weighted by Crippen LogP contribution is 2.16. The number of benzene rings is 1. The Morgan fingerprint density at radius 2 is 1.88 bits per heavy atom. The molecule has 0 aliphatic heterocycles. The molecule has 3 rings (SSSR count). The van der Waals surface area contributed by atoms with Crippen LogP contribution in [-0.4, -0.2) is 15.4 Å². The molecule has 0 unspecified atom stereocenters. The van der Waals surface area contributed by atoms with Crippen molar-refractivity contribution in [2.45, 2.75) is 32.4 Å². The quantitative estimate of drug-likeness (QED) is 0.580. The van der Waals surface area contributed by atoms with Gasteiger partial charge in [-0.2, -0.15) is 0 Å². The first-order chi connectivity index (χ1) is 12.2. The van der Waals surface area contributed by atoms with Crippen LogP contribution in [0.3, 0.4) is 0 Å². The Hall–Kier alpha value is -2.33. The normalized spacial score (nSPS) is 10.8. The maximum Gasteiger partial charge on any atom is 0.223 e. The zero-order valence-corrected chi connectivity index (χ0v) is 15.4. The molecule has 0 saturated heterocycles. The number of aryl methyl sites for hydroxylation is 2. The van der Waals surface area contributed by atoms with Gasteiger partial charge in [0.25, 0.3) is 0 Å². The molecule has 0 bridgehead atoms. The summed E-state index contributed by atoms with van der Waals surface area (Å²) < 4.78 is 2.08. The first-order valence-electron chi connectivity index (χ1n) is 8.66. The molecule has 0 saturated carbocycles. The predicted molar refractivity (Wildman–Crippen MR) is 103 cm³/mol. The van der Waals surface area contributed by atoms with Gasteiger partial charge in [-0.1, -0.05) is 36.4 Å². The minimum Gasteiger partial charge on any atom is -0.353 e. The minimum atomic E-state index is 0.227. The molecule has 0 spiro atoms. The molecule has 0 fully saturated rings. The topological polar surface area (TPSA) is 25.2 Å². The lowest BCUT2D eigenvalue weighted by Crippen LogP contribution is -2.30. The number of hydrogen-bond acceptors (Lipinski definition) is 2. The summed E-state index contributed by atoms with van der Waals surface area (Å²) in [5.74, 6) is 0.227. The molecule has 1 aromatic carbocycles. The van der Waals surface area contributed by atoms with Crippen molar-refractivity contribution in [1.82, 2.24) is 9.47 Å². The molecule has 25 heavy (non-hydrogen) atoms. The Balaban J connectivity index is 1.61. The van der Waals surface area contributed by atoms with Gasteiger partial charge in [0, 0.05) is 30.2 Å². The maximum absolute atomic E-state index is 12.8. The average Bonchev–Trinajstić information content (AvgIpc) is 3.27. The molecule has 0 aliphatic rings. The van der Waals surface area contributed by atoms with Crippen LogP contribution in [0, 0.1) is 0 Å². The van der Waals surface area contributed by atoms with E-state index in [0.29, 0.717) is 19.5 Å². The highest BCUT2D eigenvalue weighted by molar-refractivity contribution is 7.09. The average molecular weight is 353 g/mol. The third kappa shape index (κ3) is 5.07. The summed E-state index contributed by atoms with van der Waals surface area (Å²) in [6.07, 6.45) is 4.45. The third-order valence-corrected chi connectivity index (χ3v) is 5.24. The predicted octanol–water partition coefficient (Wildman–Crippen LogP) is 4.64. The lowest BCUT2D eigenvalue weighted by atomic mass is 10.1. The lowest BCUT2D eigenvalue weighted by molar-refractivity contribution is -0.132. The van der Waals surface area contributed by atoms with Crippen molar-refractivity contribution >= 4 is 17.2 Å². The SMILES string of the molecule is Cn1cccc1CN(Cc1cccs1)C(=O)CCCc1ccccc1. The van der Waals surface area contributed by atoms with Gasteiger partial charge in [0.15, 0.2) is 0 Å². The molecule has 3 aromatic rings. The molecule has 3 nitrogen and oxygen atoms in total. The first-order valence-corrected chi connectivity index (χ1v) is 9.54.